The van der Waals surface area contributed by atoms with Crippen LogP contribution in [0.5, 0.6) is 11.6 Å². The van der Waals surface area contributed by atoms with Crippen LogP contribution >= 0.6 is 0 Å². The highest BCUT2D eigenvalue weighted by molar-refractivity contribution is 5.96. The maximum Gasteiger partial charge on any atom is 0.433 e. The number of aromatic nitrogens is 4. The molecule has 12 heteroatoms. The van der Waals surface area contributed by atoms with Crippen LogP contribution in [-0.2, 0) is 25.8 Å². The highest BCUT2D eigenvalue weighted by atomic mass is 19.4. The summed E-state index contributed by atoms with van der Waals surface area (Å²) < 4.78 is 56.5. The molecule has 0 aliphatic heterocycles. The van der Waals surface area contributed by atoms with Crippen molar-refractivity contribution in [2.45, 2.75) is 45.8 Å². The Hall–Kier alpha value is -3.77. The first-order valence-electron chi connectivity index (χ1n) is 11.1. The second-order valence-electron chi connectivity index (χ2n) is 8.08. The zero-order valence-electron chi connectivity index (χ0n) is 19.9. The third-order valence-electron chi connectivity index (χ3n) is 5.19. The number of methoxy groups -OCH3 is 1. The van der Waals surface area contributed by atoms with E-state index in [0.717, 1.165) is 6.07 Å². The second kappa shape index (κ2) is 10.5. The van der Waals surface area contributed by atoms with Crippen molar-refractivity contribution >= 4 is 10.9 Å². The number of halogens is 3. The van der Waals surface area contributed by atoms with E-state index in [9.17, 15) is 13.2 Å². The van der Waals surface area contributed by atoms with E-state index in [1.807, 2.05) is 13.8 Å². The summed E-state index contributed by atoms with van der Waals surface area (Å²) in [5.41, 5.74) is 6.57. The topological polar surface area (TPSA) is 121 Å². The summed E-state index contributed by atoms with van der Waals surface area (Å²) in [5.74, 6) is 1.30. The second-order valence-corrected chi connectivity index (χ2v) is 8.08. The number of ether oxygens (including phenoxy) is 2. The molecule has 36 heavy (non-hydrogen) atoms. The lowest BCUT2D eigenvalue weighted by Gasteiger charge is -2.12. The predicted octanol–water partition coefficient (Wildman–Crippen LogP) is 4.24. The van der Waals surface area contributed by atoms with E-state index < -0.39 is 11.9 Å². The highest BCUT2D eigenvalue weighted by Crippen LogP contribution is 2.36. The van der Waals surface area contributed by atoms with E-state index in [1.165, 1.54) is 19.2 Å². The number of fused-ring (bicyclic) bond motifs is 1. The van der Waals surface area contributed by atoms with Gasteiger partial charge < -0.3 is 24.9 Å². The molecule has 0 saturated heterocycles. The number of hydrogen-bond acceptors (Lipinski definition) is 9. The minimum atomic E-state index is -4.59. The average molecular weight is 502 g/mol. The highest BCUT2D eigenvalue weighted by Gasteiger charge is 2.33. The molecule has 0 amide bonds. The number of rotatable bonds is 9. The monoisotopic (exact) mass is 502 g/mol. The lowest BCUT2D eigenvalue weighted by atomic mass is 10.1. The number of nitrogens with one attached hydrogen (secondary N) is 1. The van der Waals surface area contributed by atoms with Crippen LogP contribution < -0.4 is 20.5 Å². The molecule has 0 bridgehead atoms. The number of alkyl halides is 3. The summed E-state index contributed by atoms with van der Waals surface area (Å²) >= 11 is 0. The van der Waals surface area contributed by atoms with Gasteiger partial charge >= 0.3 is 6.18 Å². The smallest absolute Gasteiger partial charge is 0.433 e. The Kier molecular flexibility index (Phi) is 7.36. The molecule has 0 radical (unpaired) electrons. The number of hydrogen-bond donors (Lipinski definition) is 2. The van der Waals surface area contributed by atoms with Crippen molar-refractivity contribution in [1.82, 2.24) is 25.3 Å². The van der Waals surface area contributed by atoms with Gasteiger partial charge in [-0.2, -0.15) is 13.2 Å². The van der Waals surface area contributed by atoms with E-state index in [2.05, 4.69) is 25.3 Å². The Bertz CT molecular complexity index is 1360. The van der Waals surface area contributed by atoms with Crippen LogP contribution in [0.2, 0.25) is 0 Å². The molecule has 3 N–H and O–H groups in total. The van der Waals surface area contributed by atoms with Crippen molar-refractivity contribution < 1.29 is 27.1 Å². The van der Waals surface area contributed by atoms with Gasteiger partial charge in [-0.1, -0.05) is 0 Å². The molecule has 190 valence electrons. The van der Waals surface area contributed by atoms with Gasteiger partial charge in [0, 0.05) is 36.4 Å². The number of oxazole rings is 1. The summed E-state index contributed by atoms with van der Waals surface area (Å²) in [6.07, 6.45) is -1.50. The van der Waals surface area contributed by atoms with Gasteiger partial charge in [0.05, 0.1) is 25.5 Å². The zero-order valence-corrected chi connectivity index (χ0v) is 19.9. The molecule has 4 aromatic rings. The molecule has 0 unspecified atom stereocenters. The van der Waals surface area contributed by atoms with Gasteiger partial charge in [-0.15, -0.1) is 0 Å². The summed E-state index contributed by atoms with van der Waals surface area (Å²) in [5, 5.41) is 3.64. The SMILES string of the molecule is COc1ccc(-c2nc(CNCc3nccnc3OC(C)C)c(CN)o2)c2ccc(C(F)(F)F)nc12. The summed E-state index contributed by atoms with van der Waals surface area (Å²) in [6, 6.07) is 5.43. The molecule has 0 aliphatic rings. The van der Waals surface area contributed by atoms with Crippen LogP contribution in [0.15, 0.2) is 41.1 Å². The number of nitrogens with zero attached hydrogens (tertiary/aromatic N) is 4. The van der Waals surface area contributed by atoms with Gasteiger partial charge in [-0.05, 0) is 38.1 Å². The van der Waals surface area contributed by atoms with Gasteiger partial charge in [-0.25, -0.2) is 15.0 Å². The van der Waals surface area contributed by atoms with Crippen LogP contribution in [-0.4, -0.2) is 33.1 Å². The van der Waals surface area contributed by atoms with Gasteiger partial charge in [0.15, 0.2) is 0 Å². The van der Waals surface area contributed by atoms with E-state index >= 15 is 0 Å². The Labute approximate surface area is 204 Å². The summed E-state index contributed by atoms with van der Waals surface area (Å²) in [4.78, 5) is 16.9. The van der Waals surface area contributed by atoms with Crippen molar-refractivity contribution in [2.75, 3.05) is 7.11 Å². The van der Waals surface area contributed by atoms with Crippen LogP contribution in [0.4, 0.5) is 13.2 Å². The van der Waals surface area contributed by atoms with Crippen LogP contribution in [0, 0.1) is 0 Å². The Morgan fingerprint density at radius 3 is 2.47 bits per heavy atom. The van der Waals surface area contributed by atoms with E-state index in [0.29, 0.717) is 47.1 Å². The Morgan fingerprint density at radius 2 is 1.78 bits per heavy atom. The molecule has 3 aromatic heterocycles. The third-order valence-corrected chi connectivity index (χ3v) is 5.19. The molecule has 0 spiro atoms. The number of benzene rings is 1. The summed E-state index contributed by atoms with van der Waals surface area (Å²) in [6.45, 7) is 4.55. The van der Waals surface area contributed by atoms with Crippen molar-refractivity contribution in [2.24, 2.45) is 5.73 Å². The fraction of sp³-hybridized carbons (Fsp3) is 0.333. The number of pyridine rings is 1. The van der Waals surface area contributed by atoms with Crippen LogP contribution in [0.1, 0.15) is 36.7 Å². The Balaban J connectivity index is 1.62. The van der Waals surface area contributed by atoms with Crippen LogP contribution in [0.25, 0.3) is 22.4 Å². The quantitative estimate of drug-likeness (QED) is 0.346. The van der Waals surface area contributed by atoms with Gasteiger partial charge in [0.1, 0.15) is 28.4 Å². The minimum absolute atomic E-state index is 0.0524. The molecule has 4 rings (SSSR count). The maximum atomic E-state index is 13.2. The molecule has 0 fully saturated rings. The first-order chi connectivity index (χ1) is 17.2. The van der Waals surface area contributed by atoms with Crippen molar-refractivity contribution in [3.8, 4) is 23.1 Å². The standard InChI is InChI=1S/C24H25F3N6O3/c1-13(2)35-23-17(30-8-9-31-23)12-29-11-16-19(10-28)36-22(32-16)15-4-6-18(34-3)21-14(15)5-7-20(33-21)24(25,26)27/h4-9,13,29H,10-12,28H2,1-3H3. The fourth-order valence-electron chi connectivity index (χ4n) is 3.59. The van der Waals surface area contributed by atoms with Crippen molar-refractivity contribution in [1.29, 1.82) is 0 Å². The van der Waals surface area contributed by atoms with Crippen LogP contribution in [0.3, 0.4) is 0 Å². The van der Waals surface area contributed by atoms with Gasteiger partial charge in [-0.3, -0.25) is 4.98 Å². The zero-order chi connectivity index (χ0) is 25.9. The molecular formula is C24H25F3N6O3. The summed E-state index contributed by atoms with van der Waals surface area (Å²) in [7, 11) is 1.37. The maximum absolute atomic E-state index is 13.2. The molecule has 9 nitrogen and oxygen atoms in total. The largest absolute Gasteiger partial charge is 0.494 e. The normalized spacial score (nSPS) is 11.9. The molecule has 0 aliphatic carbocycles. The fourth-order valence-corrected chi connectivity index (χ4v) is 3.59. The molecular weight excluding hydrogens is 477 g/mol. The molecule has 3 heterocycles. The molecule has 1 aromatic carbocycles. The van der Waals surface area contributed by atoms with E-state index in [4.69, 9.17) is 19.6 Å². The lowest BCUT2D eigenvalue weighted by Crippen LogP contribution is -2.18. The Morgan fingerprint density at radius 1 is 1.03 bits per heavy atom. The predicted molar refractivity (Wildman–Crippen MR) is 125 cm³/mol. The molecule has 0 saturated carbocycles. The van der Waals surface area contributed by atoms with Gasteiger partial charge in [0.2, 0.25) is 11.8 Å². The van der Waals surface area contributed by atoms with Gasteiger partial charge in [0.25, 0.3) is 0 Å². The minimum Gasteiger partial charge on any atom is -0.494 e. The van der Waals surface area contributed by atoms with Crippen molar-refractivity contribution in [3.63, 3.8) is 0 Å². The molecule has 0 atom stereocenters. The lowest BCUT2D eigenvalue weighted by molar-refractivity contribution is -0.140. The average Bonchev–Trinajstić information content (AvgIpc) is 3.26. The first-order valence-corrected chi connectivity index (χ1v) is 11.1. The third kappa shape index (κ3) is 5.39. The van der Waals surface area contributed by atoms with E-state index in [1.54, 1.807) is 18.5 Å². The first kappa shape index (κ1) is 25.3. The number of nitrogens with two attached hydrogens (primary N) is 1. The van der Waals surface area contributed by atoms with E-state index in [-0.39, 0.29) is 29.8 Å². The van der Waals surface area contributed by atoms with Crippen molar-refractivity contribution in [3.05, 3.63) is 59.5 Å².